The van der Waals surface area contributed by atoms with Crippen LogP contribution in [0.2, 0.25) is 0 Å². The van der Waals surface area contributed by atoms with Crippen LogP contribution in [0.5, 0.6) is 0 Å². The van der Waals surface area contributed by atoms with Gasteiger partial charge >= 0.3 is 0 Å². The Bertz CT molecular complexity index is 3100. The van der Waals surface area contributed by atoms with Crippen LogP contribution >= 0.6 is 0 Å². The van der Waals surface area contributed by atoms with E-state index in [0.717, 1.165) is 99.5 Å². The molecule has 2 heterocycles. The van der Waals surface area contributed by atoms with Gasteiger partial charge in [-0.3, -0.25) is 0 Å². The Morgan fingerprint density at radius 1 is 0.352 bits per heavy atom. The molecule has 0 saturated carbocycles. The van der Waals surface area contributed by atoms with Gasteiger partial charge in [0.2, 0.25) is 0 Å². The molecular weight excluding hydrogens is 661 g/mol. The topological polar surface area (TPSA) is 73.9 Å². The van der Waals surface area contributed by atoms with Gasteiger partial charge in [0.15, 0.2) is 0 Å². The van der Waals surface area contributed by atoms with E-state index in [-0.39, 0.29) is 0 Å². The van der Waals surface area contributed by atoms with Crippen LogP contribution in [-0.2, 0) is 0 Å². The fraction of sp³-hybridized carbons (Fsp3) is 0. The smallest absolute Gasteiger partial charge is 0.143 e. The first-order chi connectivity index (χ1) is 26.7. The van der Waals surface area contributed by atoms with Crippen molar-refractivity contribution in [3.8, 4) is 67.8 Å². The van der Waals surface area contributed by atoms with E-state index in [1.165, 1.54) is 0 Å². The molecule has 0 saturated heterocycles. The summed E-state index contributed by atoms with van der Waals surface area (Å²) in [7, 11) is 0. The van der Waals surface area contributed by atoms with Crippen molar-refractivity contribution >= 4 is 43.9 Å². The molecule has 0 amide bonds. The molecule has 54 heavy (non-hydrogen) atoms. The van der Waals surface area contributed by atoms with Crippen molar-refractivity contribution in [2.45, 2.75) is 0 Å². The van der Waals surface area contributed by atoms with Crippen LogP contribution in [0.15, 0.2) is 179 Å². The highest BCUT2D eigenvalue weighted by molar-refractivity contribution is 6.17. The van der Waals surface area contributed by atoms with Crippen molar-refractivity contribution in [3.63, 3.8) is 0 Å². The van der Waals surface area contributed by atoms with Crippen LogP contribution in [0.25, 0.3) is 99.5 Å². The summed E-state index contributed by atoms with van der Waals surface area (Å²) in [5.74, 6) is 0. The van der Waals surface area contributed by atoms with Crippen LogP contribution in [-0.4, -0.2) is 0 Å². The Balaban J connectivity index is 1.25. The molecule has 0 fully saturated rings. The van der Waals surface area contributed by atoms with Crippen molar-refractivity contribution in [1.82, 2.24) is 0 Å². The van der Waals surface area contributed by atoms with Crippen LogP contribution in [0.4, 0.5) is 0 Å². The van der Waals surface area contributed by atoms with Crippen LogP contribution in [0.1, 0.15) is 11.1 Å². The maximum absolute atomic E-state index is 10.6. The maximum atomic E-state index is 10.6. The fourth-order valence-corrected chi connectivity index (χ4v) is 7.78. The summed E-state index contributed by atoms with van der Waals surface area (Å²) >= 11 is 0. The van der Waals surface area contributed by atoms with Gasteiger partial charge in [0.05, 0.1) is 17.2 Å². The molecule has 4 heteroatoms. The predicted octanol–water partition coefficient (Wildman–Crippen LogP) is 13.6. The van der Waals surface area contributed by atoms with Crippen LogP contribution in [0.3, 0.4) is 0 Å². The molecule has 10 aromatic rings. The highest BCUT2D eigenvalue weighted by Gasteiger charge is 2.21. The largest absolute Gasteiger partial charge is 0.456 e. The average molecular weight is 689 g/mol. The molecule has 0 aliphatic carbocycles. The number of furan rings is 2. The Labute approximate surface area is 311 Å². The van der Waals surface area contributed by atoms with E-state index >= 15 is 0 Å². The summed E-state index contributed by atoms with van der Waals surface area (Å²) < 4.78 is 12.9. The Kier molecular flexibility index (Phi) is 7.22. The minimum atomic E-state index is 0.595. The second-order valence-corrected chi connectivity index (χ2v) is 13.5. The normalized spacial score (nSPS) is 11.3. The summed E-state index contributed by atoms with van der Waals surface area (Å²) in [6, 6.07) is 62.1. The third-order valence-electron chi connectivity index (χ3n) is 10.4. The van der Waals surface area contributed by atoms with Crippen molar-refractivity contribution < 1.29 is 8.83 Å². The van der Waals surface area contributed by atoms with E-state index in [1.807, 2.05) is 72.8 Å². The van der Waals surface area contributed by atoms with Gasteiger partial charge in [-0.2, -0.15) is 10.5 Å². The molecule has 4 nitrogen and oxygen atoms in total. The second kappa shape index (κ2) is 12.5. The molecule has 0 aliphatic heterocycles. The second-order valence-electron chi connectivity index (χ2n) is 13.5. The summed E-state index contributed by atoms with van der Waals surface area (Å²) in [5.41, 5.74) is 14.2. The number of benzene rings is 8. The van der Waals surface area contributed by atoms with E-state index < -0.39 is 0 Å². The van der Waals surface area contributed by atoms with E-state index in [1.54, 1.807) is 6.07 Å². The molecular formula is C50H28N2O2. The van der Waals surface area contributed by atoms with E-state index in [2.05, 4.69) is 103 Å². The predicted molar refractivity (Wildman–Crippen MR) is 218 cm³/mol. The molecule has 10 rings (SSSR count). The number of nitriles is 2. The lowest BCUT2D eigenvalue weighted by molar-refractivity contribution is 0.668. The van der Waals surface area contributed by atoms with Gasteiger partial charge in [-0.25, -0.2) is 0 Å². The molecule has 0 aliphatic rings. The molecule has 0 N–H and O–H groups in total. The SMILES string of the molecule is N#Cc1ccc2oc3ccc(-c4ccc5oc6c(-c7ccccc7)ccc(-c7cc(-c8ccccc8)c(C#N)c(-c8ccccc8)c7)c6c5c4)cc3c2c1. The number of rotatable bonds is 5. The van der Waals surface area contributed by atoms with Crippen LogP contribution in [0, 0.1) is 22.7 Å². The van der Waals surface area contributed by atoms with Crippen molar-refractivity contribution in [2.24, 2.45) is 0 Å². The van der Waals surface area contributed by atoms with Gasteiger partial charge in [-0.1, -0.05) is 109 Å². The minimum Gasteiger partial charge on any atom is -0.456 e. The molecule has 250 valence electrons. The highest BCUT2D eigenvalue weighted by Crippen LogP contribution is 2.45. The molecule has 2 aromatic heterocycles. The summed E-state index contributed by atoms with van der Waals surface area (Å²) in [5, 5.41) is 24.1. The average Bonchev–Trinajstić information content (AvgIpc) is 3.81. The lowest BCUT2D eigenvalue weighted by Crippen LogP contribution is -1.93. The third-order valence-corrected chi connectivity index (χ3v) is 10.4. The van der Waals surface area contributed by atoms with Gasteiger partial charge in [0.25, 0.3) is 0 Å². The molecule has 0 bridgehead atoms. The van der Waals surface area contributed by atoms with E-state index in [9.17, 15) is 10.5 Å². The zero-order chi connectivity index (χ0) is 36.2. The third kappa shape index (κ3) is 5.06. The van der Waals surface area contributed by atoms with E-state index in [0.29, 0.717) is 11.1 Å². The first kappa shape index (κ1) is 31.1. The van der Waals surface area contributed by atoms with E-state index in [4.69, 9.17) is 8.83 Å². The summed E-state index contributed by atoms with van der Waals surface area (Å²) in [6.45, 7) is 0. The Morgan fingerprint density at radius 2 is 0.852 bits per heavy atom. The standard InChI is InChI=1S/C50H28N2O2/c51-29-31-16-21-46-42(24-31)43-25-35(17-22-47(43)53-46)36-18-23-48-44(26-36)49-38(19-20-39(50(49)54-48)32-10-4-1-5-11-32)37-27-40(33-12-6-2-7-13-33)45(30-52)41(28-37)34-14-8-3-9-15-34/h1-28H. The quantitative estimate of drug-likeness (QED) is 0.180. The lowest BCUT2D eigenvalue weighted by atomic mass is 9.86. The number of fused-ring (bicyclic) bond motifs is 6. The maximum Gasteiger partial charge on any atom is 0.143 e. The number of hydrogen-bond acceptors (Lipinski definition) is 4. The fourth-order valence-electron chi connectivity index (χ4n) is 7.78. The minimum absolute atomic E-state index is 0.595. The molecule has 0 spiro atoms. The Morgan fingerprint density at radius 3 is 1.43 bits per heavy atom. The van der Waals surface area contributed by atoms with Crippen molar-refractivity contribution in [3.05, 3.63) is 181 Å². The Hall–Kier alpha value is -7.66. The van der Waals surface area contributed by atoms with Gasteiger partial charge in [-0.05, 0) is 99.6 Å². The molecule has 0 unspecified atom stereocenters. The highest BCUT2D eigenvalue weighted by atomic mass is 16.3. The summed E-state index contributed by atoms with van der Waals surface area (Å²) in [4.78, 5) is 0. The van der Waals surface area contributed by atoms with Gasteiger partial charge in [0, 0.05) is 38.2 Å². The van der Waals surface area contributed by atoms with Crippen molar-refractivity contribution in [2.75, 3.05) is 0 Å². The molecule has 0 atom stereocenters. The number of nitrogens with zero attached hydrogens (tertiary/aromatic N) is 2. The monoisotopic (exact) mass is 688 g/mol. The van der Waals surface area contributed by atoms with Gasteiger partial charge in [0.1, 0.15) is 28.4 Å². The zero-order valence-electron chi connectivity index (χ0n) is 28.9. The summed E-state index contributed by atoms with van der Waals surface area (Å²) in [6.07, 6.45) is 0. The zero-order valence-corrected chi connectivity index (χ0v) is 28.9. The molecule has 0 radical (unpaired) electrons. The van der Waals surface area contributed by atoms with Gasteiger partial charge < -0.3 is 8.83 Å². The van der Waals surface area contributed by atoms with Crippen LogP contribution < -0.4 is 0 Å². The molecule has 8 aromatic carbocycles. The lowest BCUT2D eigenvalue weighted by Gasteiger charge is -2.15. The first-order valence-corrected chi connectivity index (χ1v) is 17.8. The van der Waals surface area contributed by atoms with Gasteiger partial charge in [-0.15, -0.1) is 0 Å². The first-order valence-electron chi connectivity index (χ1n) is 17.8. The van der Waals surface area contributed by atoms with Crippen molar-refractivity contribution in [1.29, 1.82) is 10.5 Å². The number of hydrogen-bond donors (Lipinski definition) is 0.